The summed E-state index contributed by atoms with van der Waals surface area (Å²) in [4.78, 5) is 18.1. The van der Waals surface area contributed by atoms with Gasteiger partial charge in [0.2, 0.25) is 0 Å². The normalized spacial score (nSPS) is 11.7. The van der Waals surface area contributed by atoms with Gasteiger partial charge in [-0.2, -0.15) is 9.38 Å². The largest absolute Gasteiger partial charge is 0.468 e. The van der Waals surface area contributed by atoms with Crippen molar-refractivity contribution in [1.29, 1.82) is 0 Å². The number of benzene rings is 3. The van der Waals surface area contributed by atoms with Crippen LogP contribution >= 0.6 is 11.6 Å². The maximum atomic E-state index is 13.6. The fourth-order valence-corrected chi connectivity index (χ4v) is 4.18. The molecule has 36 heavy (non-hydrogen) atoms. The van der Waals surface area contributed by atoms with Crippen LogP contribution in [0, 0.1) is 0 Å². The van der Waals surface area contributed by atoms with Crippen LogP contribution in [0.25, 0.3) is 28.0 Å². The van der Waals surface area contributed by atoms with E-state index in [-0.39, 0.29) is 18.1 Å². The average Bonchev–Trinajstić information content (AvgIpc) is 3.19. The van der Waals surface area contributed by atoms with Crippen LogP contribution in [0.15, 0.2) is 83.7 Å². The van der Waals surface area contributed by atoms with Gasteiger partial charge in [0.05, 0.1) is 24.9 Å². The second kappa shape index (κ2) is 9.20. The summed E-state index contributed by atoms with van der Waals surface area (Å²) in [5, 5.41) is 5.22. The van der Waals surface area contributed by atoms with E-state index in [1.807, 2.05) is 42.5 Å². The van der Waals surface area contributed by atoms with Crippen molar-refractivity contribution in [1.82, 2.24) is 19.2 Å². The lowest BCUT2D eigenvalue weighted by Crippen LogP contribution is -2.23. The summed E-state index contributed by atoms with van der Waals surface area (Å²) >= 11 is 6.10. The number of rotatable bonds is 6. The van der Waals surface area contributed by atoms with Gasteiger partial charge in [0.15, 0.2) is 5.65 Å². The Labute approximate surface area is 210 Å². The van der Waals surface area contributed by atoms with Crippen molar-refractivity contribution in [2.75, 3.05) is 7.11 Å². The van der Waals surface area contributed by atoms with Crippen LogP contribution in [-0.4, -0.2) is 26.3 Å². The first kappa shape index (κ1) is 23.7. The molecule has 0 aliphatic heterocycles. The average molecular weight is 507 g/mol. The minimum atomic E-state index is -2.94. The van der Waals surface area contributed by atoms with E-state index in [1.54, 1.807) is 24.3 Å². The predicted molar refractivity (Wildman–Crippen MR) is 135 cm³/mol. The van der Waals surface area contributed by atoms with Crippen LogP contribution in [0.2, 0.25) is 5.02 Å². The molecule has 3 aromatic carbocycles. The van der Waals surface area contributed by atoms with Gasteiger partial charge in [0, 0.05) is 23.1 Å². The number of hydrogen-bond acceptors (Lipinski definition) is 4. The quantitative estimate of drug-likeness (QED) is 0.281. The molecule has 0 saturated carbocycles. The standard InChI is InChI=1S/C27H21ClF2N4O2/c1-27(29,30)20-12-8-17(9-13-20)16-33-26(35)34-24(32-33)22(18-6-4-3-5-7-18)23(31-25(34)36-2)19-10-14-21(28)15-11-19/h3-15H,16H2,1-2H3. The Hall–Kier alpha value is -4.04. The van der Waals surface area contributed by atoms with Gasteiger partial charge in [-0.25, -0.2) is 18.3 Å². The topological polar surface area (TPSA) is 61.4 Å². The number of halogens is 3. The van der Waals surface area contributed by atoms with Crippen LogP contribution < -0.4 is 10.4 Å². The Morgan fingerprint density at radius 1 is 0.944 bits per heavy atom. The van der Waals surface area contributed by atoms with E-state index in [1.165, 1.54) is 28.3 Å². The van der Waals surface area contributed by atoms with E-state index in [9.17, 15) is 13.6 Å². The zero-order chi connectivity index (χ0) is 25.4. The maximum absolute atomic E-state index is 13.6. The summed E-state index contributed by atoms with van der Waals surface area (Å²) in [6, 6.07) is 22.6. The number of nitrogens with zero attached hydrogens (tertiary/aromatic N) is 4. The zero-order valence-corrected chi connectivity index (χ0v) is 20.2. The van der Waals surface area contributed by atoms with Crippen molar-refractivity contribution < 1.29 is 13.5 Å². The molecule has 2 aromatic heterocycles. The first-order valence-corrected chi connectivity index (χ1v) is 11.5. The number of ether oxygens (including phenoxy) is 1. The molecule has 182 valence electrons. The van der Waals surface area contributed by atoms with Crippen molar-refractivity contribution >= 4 is 17.2 Å². The van der Waals surface area contributed by atoms with E-state index in [4.69, 9.17) is 16.3 Å². The molecule has 0 aliphatic rings. The highest BCUT2D eigenvalue weighted by atomic mass is 35.5. The highest BCUT2D eigenvalue weighted by Crippen LogP contribution is 2.35. The minimum absolute atomic E-state index is 0.0758. The van der Waals surface area contributed by atoms with Crippen molar-refractivity contribution in [3.63, 3.8) is 0 Å². The molecule has 0 N–H and O–H groups in total. The Kier molecular flexibility index (Phi) is 6.05. The predicted octanol–water partition coefficient (Wildman–Crippen LogP) is 6.05. The summed E-state index contributed by atoms with van der Waals surface area (Å²) in [6.07, 6.45) is 0. The molecule has 5 aromatic rings. The summed E-state index contributed by atoms with van der Waals surface area (Å²) < 4.78 is 35.3. The van der Waals surface area contributed by atoms with Crippen LogP contribution in [0.4, 0.5) is 8.78 Å². The number of hydrogen-bond donors (Lipinski definition) is 0. The van der Waals surface area contributed by atoms with Crippen LogP contribution in [0.3, 0.4) is 0 Å². The molecule has 5 rings (SSSR count). The lowest BCUT2D eigenvalue weighted by molar-refractivity contribution is 0.0174. The van der Waals surface area contributed by atoms with Gasteiger partial charge < -0.3 is 4.74 Å². The second-order valence-corrected chi connectivity index (χ2v) is 8.82. The van der Waals surface area contributed by atoms with Gasteiger partial charge in [-0.05, 0) is 23.3 Å². The summed E-state index contributed by atoms with van der Waals surface area (Å²) in [5.41, 5.74) is 3.27. The summed E-state index contributed by atoms with van der Waals surface area (Å²) in [6.45, 7) is 0.932. The van der Waals surface area contributed by atoms with Gasteiger partial charge in [0.25, 0.3) is 5.92 Å². The molecule has 9 heteroatoms. The number of methoxy groups -OCH3 is 1. The first-order chi connectivity index (χ1) is 17.3. The molecule has 0 fully saturated rings. The molecule has 0 radical (unpaired) electrons. The van der Waals surface area contributed by atoms with Crippen molar-refractivity contribution in [2.45, 2.75) is 19.4 Å². The molecular weight excluding hydrogens is 486 g/mol. The Morgan fingerprint density at radius 3 is 2.22 bits per heavy atom. The monoisotopic (exact) mass is 506 g/mol. The highest BCUT2D eigenvalue weighted by molar-refractivity contribution is 6.30. The molecule has 2 heterocycles. The molecule has 6 nitrogen and oxygen atoms in total. The Bertz CT molecular complexity index is 1590. The van der Waals surface area contributed by atoms with Gasteiger partial charge in [0.1, 0.15) is 0 Å². The fourth-order valence-electron chi connectivity index (χ4n) is 4.05. The molecule has 0 aliphatic carbocycles. The minimum Gasteiger partial charge on any atom is -0.468 e. The highest BCUT2D eigenvalue weighted by Gasteiger charge is 2.25. The lowest BCUT2D eigenvalue weighted by Gasteiger charge is -2.13. The fraction of sp³-hybridized carbons (Fsp3) is 0.148. The smallest absolute Gasteiger partial charge is 0.354 e. The molecule has 0 unspecified atom stereocenters. The van der Waals surface area contributed by atoms with E-state index in [0.29, 0.717) is 27.5 Å². The molecule has 0 atom stereocenters. The molecule has 0 bridgehead atoms. The van der Waals surface area contributed by atoms with Crippen molar-refractivity contribution in [3.8, 4) is 28.4 Å². The third kappa shape index (κ3) is 4.35. The summed E-state index contributed by atoms with van der Waals surface area (Å²) in [5.74, 6) is -2.94. The second-order valence-electron chi connectivity index (χ2n) is 8.38. The van der Waals surface area contributed by atoms with Crippen LogP contribution in [0.1, 0.15) is 18.1 Å². The van der Waals surface area contributed by atoms with Gasteiger partial charge in [-0.15, -0.1) is 5.10 Å². The van der Waals surface area contributed by atoms with Gasteiger partial charge in [-0.3, -0.25) is 0 Å². The third-order valence-electron chi connectivity index (χ3n) is 5.85. The number of alkyl halides is 2. The third-order valence-corrected chi connectivity index (χ3v) is 6.11. The molecule has 0 saturated heterocycles. The Morgan fingerprint density at radius 2 is 1.61 bits per heavy atom. The first-order valence-electron chi connectivity index (χ1n) is 11.1. The van der Waals surface area contributed by atoms with E-state index in [0.717, 1.165) is 18.1 Å². The van der Waals surface area contributed by atoms with Crippen molar-refractivity contribution in [3.05, 3.63) is 105 Å². The molecule has 0 spiro atoms. The maximum Gasteiger partial charge on any atom is 0.354 e. The van der Waals surface area contributed by atoms with Gasteiger partial charge in [-0.1, -0.05) is 78.3 Å². The van der Waals surface area contributed by atoms with Crippen LogP contribution in [0.5, 0.6) is 6.01 Å². The van der Waals surface area contributed by atoms with E-state index < -0.39 is 11.6 Å². The molecular formula is C27H21ClF2N4O2. The number of aromatic nitrogens is 4. The van der Waals surface area contributed by atoms with Gasteiger partial charge >= 0.3 is 11.7 Å². The lowest BCUT2D eigenvalue weighted by atomic mass is 10.00. The van der Waals surface area contributed by atoms with Crippen LogP contribution in [-0.2, 0) is 12.5 Å². The zero-order valence-electron chi connectivity index (χ0n) is 19.5. The molecule has 0 amide bonds. The van der Waals surface area contributed by atoms with E-state index in [2.05, 4.69) is 10.1 Å². The van der Waals surface area contributed by atoms with Crippen molar-refractivity contribution in [2.24, 2.45) is 0 Å². The summed E-state index contributed by atoms with van der Waals surface area (Å²) in [7, 11) is 1.43. The SMILES string of the molecule is COc1nc(-c2ccc(Cl)cc2)c(-c2ccccc2)c2nn(Cc3ccc(C(C)(F)F)cc3)c(=O)n12. The number of fused-ring (bicyclic) bond motifs is 1. The van der Waals surface area contributed by atoms with E-state index >= 15 is 0 Å². The Balaban J connectivity index is 1.72.